The molecule has 3 N–H and O–H groups in total. The Labute approximate surface area is 241 Å². The summed E-state index contributed by atoms with van der Waals surface area (Å²) in [6.07, 6.45) is 3.39. The number of hydroxylamine groups is 1. The largest absolute Gasteiger partial charge is 0.352 e. The van der Waals surface area contributed by atoms with E-state index in [4.69, 9.17) is 4.84 Å². The molecule has 220 valence electrons. The number of carbonyl (C=O) groups is 3. The van der Waals surface area contributed by atoms with Gasteiger partial charge in [-0.3, -0.25) is 14.4 Å². The highest BCUT2D eigenvalue weighted by Crippen LogP contribution is 2.22. The Kier molecular flexibility index (Phi) is 11.9. The van der Waals surface area contributed by atoms with E-state index in [1.54, 1.807) is 24.3 Å². The number of nitrogens with zero attached hydrogens (tertiary/aromatic N) is 3. The van der Waals surface area contributed by atoms with Gasteiger partial charge in [0.2, 0.25) is 0 Å². The summed E-state index contributed by atoms with van der Waals surface area (Å²) in [7, 11) is 1.45. The number of aromatic nitrogens is 1. The van der Waals surface area contributed by atoms with Crippen LogP contribution < -0.4 is 16.1 Å². The van der Waals surface area contributed by atoms with Crippen LogP contribution >= 0.6 is 11.3 Å². The molecule has 0 radical (unpaired) electrons. The second-order valence-corrected chi connectivity index (χ2v) is 11.4. The highest BCUT2D eigenvalue weighted by atomic mass is 32.1. The van der Waals surface area contributed by atoms with Crippen molar-refractivity contribution in [2.75, 3.05) is 26.7 Å². The predicted octanol–water partition coefficient (Wildman–Crippen LogP) is 4.03. The summed E-state index contributed by atoms with van der Waals surface area (Å²) >= 11 is 1.62. The molecule has 0 aromatic carbocycles. The molecular formula is C29H44N6O4S. The molecule has 11 heteroatoms. The van der Waals surface area contributed by atoms with Crippen LogP contribution in [0.4, 0.5) is 4.79 Å². The standard InChI is InChI=1S/C29H44N6O4S/c1-7-20(3)31-27(36)25-16-19(2)26(22(5)32-25)28(37)30-12-8-21(4)34-13-9-24(10-14-34)35(29(38)33-39-6)17-23-11-15-40-18-23/h11,15-16,18,20-21,24H,7-10,12-14,17H2,1-6H3,(H,30,37)(H,31,36)(H,33,38)/t20-,21-/m1/s1. The van der Waals surface area contributed by atoms with Gasteiger partial charge in [0.1, 0.15) is 5.69 Å². The molecule has 1 saturated heterocycles. The van der Waals surface area contributed by atoms with Gasteiger partial charge >= 0.3 is 6.03 Å². The summed E-state index contributed by atoms with van der Waals surface area (Å²) in [6, 6.07) is 3.99. The molecule has 3 rings (SSSR count). The molecule has 4 amide bonds. The number of aryl methyl sites for hydroxylation is 2. The minimum Gasteiger partial charge on any atom is -0.352 e. The van der Waals surface area contributed by atoms with Gasteiger partial charge in [0.25, 0.3) is 11.8 Å². The topological polar surface area (TPSA) is 116 Å². The van der Waals surface area contributed by atoms with Crippen molar-refractivity contribution in [1.82, 2.24) is 30.9 Å². The average Bonchev–Trinajstić information content (AvgIpc) is 3.44. The van der Waals surface area contributed by atoms with Crippen LogP contribution in [0, 0.1) is 13.8 Å². The Hall–Kier alpha value is -3.02. The molecule has 1 aliphatic heterocycles. The Morgan fingerprint density at radius 1 is 1.20 bits per heavy atom. The van der Waals surface area contributed by atoms with Crippen LogP contribution in [0.1, 0.15) is 84.1 Å². The van der Waals surface area contributed by atoms with Crippen molar-refractivity contribution in [3.63, 3.8) is 0 Å². The zero-order chi connectivity index (χ0) is 29.2. The van der Waals surface area contributed by atoms with Gasteiger partial charge in [-0.25, -0.2) is 15.3 Å². The van der Waals surface area contributed by atoms with Gasteiger partial charge in [0.15, 0.2) is 0 Å². The molecule has 0 saturated carbocycles. The number of hydrogen-bond donors (Lipinski definition) is 3. The second-order valence-electron chi connectivity index (χ2n) is 10.6. The van der Waals surface area contributed by atoms with Gasteiger partial charge in [0.05, 0.1) is 18.4 Å². The minimum atomic E-state index is -0.223. The van der Waals surface area contributed by atoms with E-state index in [1.165, 1.54) is 7.11 Å². The molecule has 0 unspecified atom stereocenters. The van der Waals surface area contributed by atoms with Gasteiger partial charge in [-0.05, 0) is 87.4 Å². The molecule has 0 aliphatic carbocycles. The molecule has 3 heterocycles. The summed E-state index contributed by atoms with van der Waals surface area (Å²) in [4.78, 5) is 51.7. The number of urea groups is 1. The number of piperidine rings is 1. The van der Waals surface area contributed by atoms with E-state index in [0.29, 0.717) is 30.0 Å². The van der Waals surface area contributed by atoms with Gasteiger partial charge in [-0.1, -0.05) is 6.92 Å². The van der Waals surface area contributed by atoms with Crippen molar-refractivity contribution in [3.8, 4) is 0 Å². The smallest absolute Gasteiger partial charge is 0.341 e. The van der Waals surface area contributed by atoms with Crippen LogP contribution in [0.3, 0.4) is 0 Å². The predicted molar refractivity (Wildman–Crippen MR) is 157 cm³/mol. The monoisotopic (exact) mass is 572 g/mol. The summed E-state index contributed by atoms with van der Waals surface area (Å²) < 4.78 is 0. The van der Waals surface area contributed by atoms with Gasteiger partial charge in [-0.15, -0.1) is 0 Å². The first-order valence-corrected chi connectivity index (χ1v) is 15.0. The number of carbonyl (C=O) groups excluding carboxylic acids is 3. The Morgan fingerprint density at radius 2 is 1.93 bits per heavy atom. The zero-order valence-corrected chi connectivity index (χ0v) is 25.4. The molecule has 0 bridgehead atoms. The lowest BCUT2D eigenvalue weighted by Gasteiger charge is -2.40. The number of amides is 4. The van der Waals surface area contributed by atoms with Crippen molar-refractivity contribution in [3.05, 3.63) is 51.0 Å². The molecule has 2 atom stereocenters. The molecule has 2 aromatic heterocycles. The van der Waals surface area contributed by atoms with Crippen LogP contribution in [-0.2, 0) is 11.4 Å². The Bertz CT molecular complexity index is 1110. The fourth-order valence-corrected chi connectivity index (χ4v) is 5.75. The molecule has 2 aromatic rings. The van der Waals surface area contributed by atoms with Gasteiger partial charge in [0, 0.05) is 44.3 Å². The fourth-order valence-electron chi connectivity index (χ4n) is 5.09. The minimum absolute atomic E-state index is 0.0611. The van der Waals surface area contributed by atoms with Crippen molar-refractivity contribution < 1.29 is 19.2 Å². The molecule has 40 heavy (non-hydrogen) atoms. The molecule has 10 nitrogen and oxygen atoms in total. The number of nitrogens with one attached hydrogen (secondary N) is 3. The van der Waals surface area contributed by atoms with E-state index in [-0.39, 0.29) is 36.0 Å². The van der Waals surface area contributed by atoms with Crippen molar-refractivity contribution in [2.24, 2.45) is 0 Å². The number of thiophene rings is 1. The van der Waals surface area contributed by atoms with Crippen LogP contribution in [-0.4, -0.2) is 77.5 Å². The number of pyridine rings is 1. The maximum Gasteiger partial charge on any atom is 0.341 e. The highest BCUT2D eigenvalue weighted by Gasteiger charge is 2.30. The van der Waals surface area contributed by atoms with E-state index in [1.807, 2.05) is 37.1 Å². The van der Waals surface area contributed by atoms with E-state index >= 15 is 0 Å². The summed E-state index contributed by atoms with van der Waals surface area (Å²) in [5.41, 5.74) is 5.73. The third-order valence-electron chi connectivity index (χ3n) is 7.64. The number of likely N-dealkylation sites (tertiary alicyclic amines) is 1. The lowest BCUT2D eigenvalue weighted by molar-refractivity contribution is 0.0565. The van der Waals surface area contributed by atoms with Crippen LogP contribution in [0.15, 0.2) is 22.9 Å². The lowest BCUT2D eigenvalue weighted by atomic mass is 10.0. The summed E-state index contributed by atoms with van der Waals surface area (Å²) in [6.45, 7) is 12.6. The SMILES string of the molecule is CC[C@@H](C)NC(=O)c1cc(C)c(C(=O)NCC[C@@H](C)N2CCC(N(Cc3ccsc3)C(=O)NOC)CC2)c(C)n1. The normalized spacial score (nSPS) is 15.8. The van der Waals surface area contributed by atoms with Gasteiger partial charge in [-0.2, -0.15) is 11.3 Å². The third kappa shape index (κ3) is 8.49. The number of rotatable bonds is 12. The maximum absolute atomic E-state index is 13.0. The van der Waals surface area contributed by atoms with E-state index in [0.717, 1.165) is 49.9 Å². The first-order valence-electron chi connectivity index (χ1n) is 14.1. The molecule has 1 aliphatic rings. The fraction of sp³-hybridized carbons (Fsp3) is 0.586. The summed E-state index contributed by atoms with van der Waals surface area (Å²) in [5.74, 6) is -0.394. The van der Waals surface area contributed by atoms with Crippen LogP contribution in [0.2, 0.25) is 0 Å². The van der Waals surface area contributed by atoms with E-state index in [2.05, 4.69) is 38.3 Å². The maximum atomic E-state index is 13.0. The average molecular weight is 573 g/mol. The summed E-state index contributed by atoms with van der Waals surface area (Å²) in [5, 5.41) is 10.0. The third-order valence-corrected chi connectivity index (χ3v) is 8.37. The Morgan fingerprint density at radius 3 is 2.52 bits per heavy atom. The highest BCUT2D eigenvalue weighted by molar-refractivity contribution is 7.07. The molecule has 0 spiro atoms. The lowest BCUT2D eigenvalue weighted by Crippen LogP contribution is -2.51. The first-order chi connectivity index (χ1) is 19.1. The quantitative estimate of drug-likeness (QED) is 0.331. The van der Waals surface area contributed by atoms with Crippen LogP contribution in [0.5, 0.6) is 0 Å². The molecular weight excluding hydrogens is 528 g/mol. The van der Waals surface area contributed by atoms with E-state index in [9.17, 15) is 14.4 Å². The van der Waals surface area contributed by atoms with Crippen molar-refractivity contribution in [1.29, 1.82) is 0 Å². The van der Waals surface area contributed by atoms with Gasteiger partial charge < -0.3 is 20.4 Å². The number of hydrogen-bond acceptors (Lipinski definition) is 7. The second kappa shape index (κ2) is 15.1. The van der Waals surface area contributed by atoms with Crippen LogP contribution in [0.25, 0.3) is 0 Å². The first kappa shape index (κ1) is 31.5. The zero-order valence-electron chi connectivity index (χ0n) is 24.6. The van der Waals surface area contributed by atoms with Crippen molar-refractivity contribution in [2.45, 2.75) is 85.0 Å². The Balaban J connectivity index is 1.49. The van der Waals surface area contributed by atoms with E-state index < -0.39 is 0 Å². The molecule has 1 fully saturated rings. The van der Waals surface area contributed by atoms with Crippen molar-refractivity contribution >= 4 is 29.2 Å².